The zero-order valence-corrected chi connectivity index (χ0v) is 14.8. The number of nitrogens with zero attached hydrogens (tertiary/aromatic N) is 2. The van der Waals surface area contributed by atoms with Crippen molar-refractivity contribution in [3.63, 3.8) is 0 Å². The van der Waals surface area contributed by atoms with Crippen molar-refractivity contribution in [1.29, 1.82) is 0 Å². The molecule has 3 rings (SSSR count). The fourth-order valence-electron chi connectivity index (χ4n) is 2.92. The van der Waals surface area contributed by atoms with E-state index in [9.17, 15) is 24.3 Å². The third-order valence-electron chi connectivity index (χ3n) is 4.21. The number of thiophene rings is 1. The van der Waals surface area contributed by atoms with Gasteiger partial charge in [0.15, 0.2) is 0 Å². The summed E-state index contributed by atoms with van der Waals surface area (Å²) in [6.45, 7) is 1.45. The Morgan fingerprint density at radius 3 is 2.50 bits per heavy atom. The second-order valence-electron chi connectivity index (χ2n) is 5.79. The van der Waals surface area contributed by atoms with E-state index in [-0.39, 0.29) is 23.4 Å². The molecule has 7 nitrogen and oxygen atoms in total. The summed E-state index contributed by atoms with van der Waals surface area (Å²) < 4.78 is 2.24. The Morgan fingerprint density at radius 2 is 1.88 bits per heavy atom. The molecule has 2 aromatic heterocycles. The van der Waals surface area contributed by atoms with E-state index in [1.54, 1.807) is 6.92 Å². The average Bonchev–Trinajstić information content (AvgIpc) is 2.97. The summed E-state index contributed by atoms with van der Waals surface area (Å²) in [6, 6.07) is 9.51. The molecule has 0 amide bonds. The van der Waals surface area contributed by atoms with Crippen LogP contribution >= 0.6 is 11.3 Å². The number of benzene rings is 1. The molecule has 0 saturated carbocycles. The lowest BCUT2D eigenvalue weighted by Gasteiger charge is -2.10. The molecule has 3 aromatic rings. The first-order valence-electron chi connectivity index (χ1n) is 7.93. The van der Waals surface area contributed by atoms with Gasteiger partial charge in [-0.1, -0.05) is 30.3 Å². The van der Waals surface area contributed by atoms with Crippen molar-refractivity contribution < 1.29 is 14.7 Å². The van der Waals surface area contributed by atoms with Gasteiger partial charge in [0, 0.05) is 6.54 Å². The number of hydrogen-bond acceptors (Lipinski definition) is 5. The molecule has 2 heterocycles. The van der Waals surface area contributed by atoms with Gasteiger partial charge in [0.05, 0.1) is 11.9 Å². The van der Waals surface area contributed by atoms with E-state index >= 15 is 0 Å². The number of carboxylic acids is 1. The molecule has 134 valence electrons. The maximum Gasteiger partial charge on any atom is 0.346 e. The van der Waals surface area contributed by atoms with Crippen molar-refractivity contribution in [2.45, 2.75) is 26.4 Å². The number of aldehydes is 1. The van der Waals surface area contributed by atoms with E-state index < -0.39 is 17.2 Å². The van der Waals surface area contributed by atoms with Gasteiger partial charge in [-0.05, 0) is 24.5 Å². The maximum atomic E-state index is 12.7. The van der Waals surface area contributed by atoms with Gasteiger partial charge in [-0.3, -0.25) is 13.9 Å². The zero-order chi connectivity index (χ0) is 18.8. The maximum absolute atomic E-state index is 12.7. The number of carboxylic acid groups (broad SMARTS) is 1. The van der Waals surface area contributed by atoms with Crippen LogP contribution in [0, 0.1) is 6.92 Å². The number of aryl methyl sites for hydroxylation is 3. The fraction of sp³-hybridized carbons (Fsp3) is 0.222. The van der Waals surface area contributed by atoms with E-state index in [2.05, 4.69) is 0 Å². The van der Waals surface area contributed by atoms with Crippen LogP contribution in [0.1, 0.15) is 20.8 Å². The van der Waals surface area contributed by atoms with Crippen molar-refractivity contribution in [3.8, 4) is 0 Å². The largest absolute Gasteiger partial charge is 0.477 e. The quantitative estimate of drug-likeness (QED) is 0.664. The van der Waals surface area contributed by atoms with Gasteiger partial charge < -0.3 is 9.90 Å². The topological polar surface area (TPSA) is 98.4 Å². The fourth-order valence-corrected chi connectivity index (χ4v) is 4.07. The molecule has 1 N–H and O–H groups in total. The Balaban J connectivity index is 2.24. The van der Waals surface area contributed by atoms with Gasteiger partial charge in [-0.25, -0.2) is 9.59 Å². The van der Waals surface area contributed by atoms with Gasteiger partial charge >= 0.3 is 11.7 Å². The standard InChI is InChI=1S/C18H16N2O5S/c1-11-13-15(22)19(9-10-21)18(25)20(16(13)26-14(11)17(23)24)8-7-12-5-3-2-4-6-12/h2-6,10H,7-9H2,1H3,(H,23,24). The van der Waals surface area contributed by atoms with Crippen LogP contribution in [-0.4, -0.2) is 26.5 Å². The number of aromatic nitrogens is 2. The SMILES string of the molecule is Cc1c(C(=O)O)sc2c1c(=O)n(CC=O)c(=O)n2CCc1ccccc1. The highest BCUT2D eigenvalue weighted by atomic mass is 32.1. The van der Waals surface area contributed by atoms with Gasteiger partial charge in [0.1, 0.15) is 16.0 Å². The van der Waals surface area contributed by atoms with Gasteiger partial charge in [0.25, 0.3) is 5.56 Å². The number of rotatable bonds is 6. The minimum atomic E-state index is -1.15. The van der Waals surface area contributed by atoms with Gasteiger partial charge in [-0.15, -0.1) is 11.3 Å². The summed E-state index contributed by atoms with van der Waals surface area (Å²) in [5.41, 5.74) is 0.0843. The monoisotopic (exact) mass is 372 g/mol. The van der Waals surface area contributed by atoms with Crippen LogP contribution in [-0.2, 0) is 24.3 Å². The Kier molecular flexibility index (Phi) is 4.85. The normalized spacial score (nSPS) is 11.0. The minimum Gasteiger partial charge on any atom is -0.477 e. The van der Waals surface area contributed by atoms with Crippen LogP contribution in [0.3, 0.4) is 0 Å². The van der Waals surface area contributed by atoms with E-state index in [4.69, 9.17) is 0 Å². The molecule has 0 aliphatic heterocycles. The van der Waals surface area contributed by atoms with Crippen molar-refractivity contribution in [1.82, 2.24) is 9.13 Å². The van der Waals surface area contributed by atoms with E-state index in [0.29, 0.717) is 23.1 Å². The van der Waals surface area contributed by atoms with Crippen molar-refractivity contribution >= 4 is 33.8 Å². The van der Waals surface area contributed by atoms with Crippen LogP contribution in [0.15, 0.2) is 39.9 Å². The lowest BCUT2D eigenvalue weighted by atomic mass is 10.1. The predicted octanol–water partition coefficient (Wildman–Crippen LogP) is 1.67. The third kappa shape index (κ3) is 2.99. The highest BCUT2D eigenvalue weighted by molar-refractivity contribution is 7.20. The second-order valence-corrected chi connectivity index (χ2v) is 6.79. The smallest absolute Gasteiger partial charge is 0.346 e. The van der Waals surface area contributed by atoms with Crippen molar-refractivity contribution in [2.24, 2.45) is 0 Å². The molecule has 26 heavy (non-hydrogen) atoms. The Hall–Kier alpha value is -3.00. The molecule has 0 atom stereocenters. The molecular weight excluding hydrogens is 356 g/mol. The Morgan fingerprint density at radius 1 is 1.19 bits per heavy atom. The lowest BCUT2D eigenvalue weighted by Crippen LogP contribution is -2.40. The minimum absolute atomic E-state index is 0.0221. The first-order valence-corrected chi connectivity index (χ1v) is 8.75. The van der Waals surface area contributed by atoms with Crippen LogP contribution < -0.4 is 11.2 Å². The summed E-state index contributed by atoms with van der Waals surface area (Å²) >= 11 is 0.911. The van der Waals surface area contributed by atoms with E-state index in [0.717, 1.165) is 21.5 Å². The highest BCUT2D eigenvalue weighted by Crippen LogP contribution is 2.27. The zero-order valence-electron chi connectivity index (χ0n) is 14.0. The average molecular weight is 372 g/mol. The first-order chi connectivity index (χ1) is 12.5. The predicted molar refractivity (Wildman–Crippen MR) is 98.3 cm³/mol. The second kappa shape index (κ2) is 7.09. The van der Waals surface area contributed by atoms with Crippen LogP contribution in [0.4, 0.5) is 0 Å². The number of hydrogen-bond donors (Lipinski definition) is 1. The molecule has 8 heteroatoms. The number of aromatic carboxylic acids is 1. The third-order valence-corrected chi connectivity index (χ3v) is 5.52. The summed E-state index contributed by atoms with van der Waals surface area (Å²) in [5.74, 6) is -1.15. The molecule has 0 unspecified atom stereocenters. The van der Waals surface area contributed by atoms with E-state index in [1.807, 2.05) is 30.3 Å². The molecule has 0 bridgehead atoms. The highest BCUT2D eigenvalue weighted by Gasteiger charge is 2.22. The van der Waals surface area contributed by atoms with Crippen LogP contribution in [0.2, 0.25) is 0 Å². The molecular formula is C18H16N2O5S. The number of carbonyl (C=O) groups excluding carboxylic acids is 1. The Labute approximate surface area is 151 Å². The Bertz CT molecular complexity index is 1110. The molecule has 1 aromatic carbocycles. The summed E-state index contributed by atoms with van der Waals surface area (Å²) in [7, 11) is 0. The molecule has 0 saturated heterocycles. The van der Waals surface area contributed by atoms with Gasteiger partial charge in [0.2, 0.25) is 0 Å². The van der Waals surface area contributed by atoms with E-state index in [1.165, 1.54) is 4.57 Å². The molecule has 0 spiro atoms. The molecule has 0 aliphatic carbocycles. The van der Waals surface area contributed by atoms with Gasteiger partial charge in [-0.2, -0.15) is 0 Å². The molecule has 0 fully saturated rings. The van der Waals surface area contributed by atoms with Crippen LogP contribution in [0.5, 0.6) is 0 Å². The molecule has 0 aliphatic rings. The lowest BCUT2D eigenvalue weighted by molar-refractivity contribution is -0.108. The number of fused-ring (bicyclic) bond motifs is 1. The van der Waals surface area contributed by atoms with Crippen LogP contribution in [0.25, 0.3) is 10.2 Å². The van der Waals surface area contributed by atoms with Crippen molar-refractivity contribution in [2.75, 3.05) is 0 Å². The number of carbonyl (C=O) groups is 2. The summed E-state index contributed by atoms with van der Waals surface area (Å²) in [4.78, 5) is 48.1. The van der Waals surface area contributed by atoms with Crippen molar-refractivity contribution in [3.05, 3.63) is 67.2 Å². The summed E-state index contributed by atoms with van der Waals surface area (Å²) in [5, 5.41) is 9.54. The molecule has 0 radical (unpaired) electrons. The summed E-state index contributed by atoms with van der Waals surface area (Å²) in [6.07, 6.45) is 1.02. The first kappa shape index (κ1) is 17.8.